The van der Waals surface area contributed by atoms with Crippen LogP contribution >= 0.6 is 22.7 Å². The first-order valence-corrected chi connectivity index (χ1v) is 11.6. The molecule has 0 amide bonds. The van der Waals surface area contributed by atoms with E-state index >= 15 is 0 Å². The van der Waals surface area contributed by atoms with Gasteiger partial charge in [0.25, 0.3) is 0 Å². The second-order valence-corrected chi connectivity index (χ2v) is 8.97. The molecule has 2 aromatic heterocycles. The Kier molecular flexibility index (Phi) is 6.29. The fraction of sp³-hybridized carbons (Fsp3) is 0.409. The zero-order chi connectivity index (χ0) is 19.3. The van der Waals surface area contributed by atoms with Crippen molar-refractivity contribution in [3.05, 3.63) is 62.2 Å². The van der Waals surface area contributed by atoms with Crippen LogP contribution in [0.15, 0.2) is 40.4 Å². The highest BCUT2D eigenvalue weighted by Gasteiger charge is 2.18. The Balaban J connectivity index is 1.48. The number of hydrogen-bond acceptors (Lipinski definition) is 6. The molecule has 148 valence electrons. The van der Waals surface area contributed by atoms with Crippen LogP contribution in [0.2, 0.25) is 0 Å². The number of anilines is 1. The van der Waals surface area contributed by atoms with Crippen LogP contribution in [-0.4, -0.2) is 25.2 Å². The van der Waals surface area contributed by atoms with Crippen molar-refractivity contribution in [2.75, 3.05) is 25.1 Å². The molecule has 0 spiro atoms. The predicted octanol–water partition coefficient (Wildman–Crippen LogP) is 5.20. The predicted molar refractivity (Wildman–Crippen MR) is 119 cm³/mol. The van der Waals surface area contributed by atoms with Gasteiger partial charge in [-0.1, -0.05) is 6.07 Å². The third-order valence-corrected chi connectivity index (χ3v) is 7.01. The van der Waals surface area contributed by atoms with Gasteiger partial charge in [-0.25, -0.2) is 4.98 Å². The summed E-state index contributed by atoms with van der Waals surface area (Å²) >= 11 is 3.49. The average Bonchev–Trinajstić information content (AvgIpc) is 3.47. The Morgan fingerprint density at radius 2 is 2.04 bits per heavy atom. The monoisotopic (exact) mass is 413 g/mol. The van der Waals surface area contributed by atoms with Gasteiger partial charge in [-0.05, 0) is 66.3 Å². The minimum atomic E-state index is 0.220. The minimum Gasteiger partial charge on any atom is -0.495 e. The first-order chi connectivity index (χ1) is 13.7. The fourth-order valence-electron chi connectivity index (χ4n) is 3.72. The van der Waals surface area contributed by atoms with E-state index < -0.39 is 0 Å². The summed E-state index contributed by atoms with van der Waals surface area (Å²) < 4.78 is 5.70. The second-order valence-electron chi connectivity index (χ2n) is 7.30. The number of aromatic nitrogens is 1. The summed E-state index contributed by atoms with van der Waals surface area (Å²) in [5, 5.41) is 11.4. The summed E-state index contributed by atoms with van der Waals surface area (Å²) in [6, 6.07) is 9.03. The first kappa shape index (κ1) is 19.4. The van der Waals surface area contributed by atoms with Crippen LogP contribution in [-0.2, 0) is 13.0 Å². The highest BCUT2D eigenvalue weighted by molar-refractivity contribution is 7.09. The van der Waals surface area contributed by atoms with Crippen molar-refractivity contribution in [2.45, 2.75) is 38.8 Å². The molecule has 4 nitrogen and oxygen atoms in total. The van der Waals surface area contributed by atoms with E-state index in [9.17, 15) is 0 Å². The molecule has 1 saturated heterocycles. The van der Waals surface area contributed by atoms with Crippen molar-refractivity contribution in [1.29, 1.82) is 0 Å². The number of thiophene rings is 1. The Morgan fingerprint density at radius 1 is 1.18 bits per heavy atom. The molecule has 4 rings (SSSR count). The number of hydrogen-bond donors (Lipinski definition) is 1. The molecule has 0 radical (unpaired) electrons. The van der Waals surface area contributed by atoms with Crippen molar-refractivity contribution >= 4 is 28.4 Å². The van der Waals surface area contributed by atoms with Crippen LogP contribution in [0.5, 0.6) is 5.75 Å². The molecule has 1 aliphatic heterocycles. The number of rotatable bonds is 8. The third-order valence-electron chi connectivity index (χ3n) is 5.20. The van der Waals surface area contributed by atoms with E-state index in [0.717, 1.165) is 42.5 Å². The number of aryl methyl sites for hydroxylation is 1. The van der Waals surface area contributed by atoms with Gasteiger partial charge in [0.15, 0.2) is 0 Å². The normalized spacial score (nSPS) is 15.1. The molecule has 1 N–H and O–H groups in total. The molecule has 1 aliphatic rings. The van der Waals surface area contributed by atoms with E-state index in [0.29, 0.717) is 0 Å². The Labute approximate surface area is 175 Å². The van der Waals surface area contributed by atoms with Crippen molar-refractivity contribution in [3.63, 3.8) is 0 Å². The van der Waals surface area contributed by atoms with Crippen LogP contribution < -0.4 is 15.0 Å². The number of nitrogens with zero attached hydrogens (tertiary/aromatic N) is 2. The van der Waals surface area contributed by atoms with Gasteiger partial charge in [0.1, 0.15) is 10.8 Å². The van der Waals surface area contributed by atoms with Crippen molar-refractivity contribution in [3.8, 4) is 5.75 Å². The molecule has 1 aromatic carbocycles. The summed E-state index contributed by atoms with van der Waals surface area (Å²) in [6.07, 6.45) is 3.49. The highest BCUT2D eigenvalue weighted by atomic mass is 32.1. The molecule has 0 aliphatic carbocycles. The van der Waals surface area contributed by atoms with Gasteiger partial charge in [-0.3, -0.25) is 0 Å². The number of nitrogens with one attached hydrogen (secondary N) is 1. The maximum atomic E-state index is 5.70. The molecule has 1 atom stereocenters. The Bertz CT molecular complexity index is 885. The number of methoxy groups -OCH3 is 1. The van der Waals surface area contributed by atoms with Crippen LogP contribution in [0.3, 0.4) is 0 Å². The van der Waals surface area contributed by atoms with Crippen molar-refractivity contribution in [2.24, 2.45) is 0 Å². The van der Waals surface area contributed by atoms with Gasteiger partial charge in [0.2, 0.25) is 0 Å². The lowest BCUT2D eigenvalue weighted by atomic mass is 10.1. The van der Waals surface area contributed by atoms with E-state index in [1.54, 1.807) is 29.8 Å². The number of thiazole rings is 1. The van der Waals surface area contributed by atoms with Crippen LogP contribution in [0.1, 0.15) is 40.7 Å². The summed E-state index contributed by atoms with van der Waals surface area (Å²) in [7, 11) is 1.77. The Morgan fingerprint density at radius 3 is 2.71 bits per heavy atom. The molecule has 3 heterocycles. The molecular formula is C22H27N3OS2. The minimum absolute atomic E-state index is 0.220. The number of benzene rings is 1. The summed E-state index contributed by atoms with van der Waals surface area (Å²) in [5.41, 5.74) is 4.91. The average molecular weight is 414 g/mol. The largest absolute Gasteiger partial charge is 0.495 e. The first-order valence-electron chi connectivity index (χ1n) is 9.81. The molecule has 3 aromatic rings. The lowest BCUT2D eigenvalue weighted by Gasteiger charge is -2.22. The molecular weight excluding hydrogens is 386 g/mol. The zero-order valence-electron chi connectivity index (χ0n) is 16.5. The summed E-state index contributed by atoms with van der Waals surface area (Å²) in [4.78, 5) is 7.16. The molecule has 0 saturated carbocycles. The summed E-state index contributed by atoms with van der Waals surface area (Å²) in [6.45, 7) is 5.10. The lowest BCUT2D eigenvalue weighted by molar-refractivity contribution is 0.413. The van der Waals surface area contributed by atoms with E-state index in [4.69, 9.17) is 9.72 Å². The topological polar surface area (TPSA) is 37.4 Å². The SMILES string of the molecule is COc1cc(CNC(Cc2ccsc2)c2nc(C)cs2)ccc1N1CCCC1. The molecule has 1 unspecified atom stereocenters. The smallest absolute Gasteiger partial charge is 0.142 e. The molecule has 1 fully saturated rings. The fourth-order valence-corrected chi connectivity index (χ4v) is 5.27. The standard InChI is InChI=1S/C22H27N3OS2/c1-16-14-28-22(24-16)19(11-18-7-10-27-15-18)23-13-17-5-6-20(21(12-17)26-2)25-8-3-4-9-25/h5-7,10,12,14-15,19,23H,3-4,8-9,11,13H2,1-2H3. The maximum Gasteiger partial charge on any atom is 0.142 e. The number of ether oxygens (including phenoxy) is 1. The lowest BCUT2D eigenvalue weighted by Crippen LogP contribution is -2.23. The van der Waals surface area contributed by atoms with Gasteiger partial charge in [0.05, 0.1) is 18.8 Å². The van der Waals surface area contributed by atoms with E-state index in [1.807, 2.05) is 0 Å². The van der Waals surface area contributed by atoms with E-state index in [-0.39, 0.29) is 6.04 Å². The van der Waals surface area contributed by atoms with Crippen molar-refractivity contribution < 1.29 is 4.74 Å². The Hall–Kier alpha value is -1.89. The quantitative estimate of drug-likeness (QED) is 0.551. The molecule has 0 bridgehead atoms. The van der Waals surface area contributed by atoms with Gasteiger partial charge in [-0.2, -0.15) is 11.3 Å². The van der Waals surface area contributed by atoms with E-state index in [2.05, 4.69) is 57.5 Å². The van der Waals surface area contributed by atoms with Crippen molar-refractivity contribution in [1.82, 2.24) is 10.3 Å². The third kappa shape index (κ3) is 4.57. The summed E-state index contributed by atoms with van der Waals surface area (Å²) in [5.74, 6) is 0.973. The van der Waals surface area contributed by atoms with Crippen LogP contribution in [0.4, 0.5) is 5.69 Å². The molecule has 28 heavy (non-hydrogen) atoms. The second kappa shape index (κ2) is 9.07. The highest BCUT2D eigenvalue weighted by Crippen LogP contribution is 2.32. The zero-order valence-corrected chi connectivity index (χ0v) is 18.1. The van der Waals surface area contributed by atoms with Gasteiger partial charge < -0.3 is 15.0 Å². The maximum absolute atomic E-state index is 5.70. The molecule has 6 heteroatoms. The van der Waals surface area contributed by atoms with Gasteiger partial charge >= 0.3 is 0 Å². The van der Waals surface area contributed by atoms with E-state index in [1.165, 1.54) is 29.7 Å². The van der Waals surface area contributed by atoms with Crippen LogP contribution in [0, 0.1) is 6.92 Å². The van der Waals surface area contributed by atoms with Gasteiger partial charge in [-0.15, -0.1) is 11.3 Å². The van der Waals surface area contributed by atoms with Crippen LogP contribution in [0.25, 0.3) is 0 Å². The van der Waals surface area contributed by atoms with Gasteiger partial charge in [0, 0.05) is 30.7 Å².